The Morgan fingerprint density at radius 3 is 3.00 bits per heavy atom. The van der Waals surface area contributed by atoms with Gasteiger partial charge >= 0.3 is 0 Å². The molecule has 7 heteroatoms. The molecule has 1 atom stereocenters. The monoisotopic (exact) mass is 261 g/mol. The summed E-state index contributed by atoms with van der Waals surface area (Å²) in [4.78, 5) is 25.9. The van der Waals surface area contributed by atoms with Gasteiger partial charge in [0.25, 0.3) is 5.56 Å². The van der Waals surface area contributed by atoms with Gasteiger partial charge in [0.1, 0.15) is 5.65 Å². The predicted molar refractivity (Wildman–Crippen MR) is 72.1 cm³/mol. The molecule has 6 N–H and O–H groups in total. The molecule has 0 bridgehead atoms. The van der Waals surface area contributed by atoms with Crippen LogP contribution in [0.4, 0.5) is 5.95 Å². The number of hydrogen-bond donors (Lipinski definition) is 4. The van der Waals surface area contributed by atoms with Crippen LogP contribution in [-0.2, 0) is 4.84 Å². The Morgan fingerprint density at radius 2 is 2.32 bits per heavy atom. The third kappa shape index (κ3) is 2.76. The Bertz CT molecular complexity index is 667. The molecule has 0 radical (unpaired) electrons. The Kier molecular flexibility index (Phi) is 3.85. The van der Waals surface area contributed by atoms with Gasteiger partial charge in [-0.3, -0.25) is 9.78 Å². The van der Waals surface area contributed by atoms with Crippen LogP contribution in [0.25, 0.3) is 11.0 Å². The van der Waals surface area contributed by atoms with Crippen molar-refractivity contribution in [3.63, 3.8) is 0 Å². The lowest BCUT2D eigenvalue weighted by molar-refractivity contribution is 0.120. The lowest BCUT2D eigenvalue weighted by atomic mass is 10.0. The highest BCUT2D eigenvalue weighted by Gasteiger charge is 2.16. The molecule has 2 aromatic heterocycles. The van der Waals surface area contributed by atoms with Crippen molar-refractivity contribution in [1.29, 1.82) is 0 Å². The van der Waals surface area contributed by atoms with Gasteiger partial charge in [-0.2, -0.15) is 4.98 Å². The minimum atomic E-state index is -0.283. The number of nitrogen functional groups attached to an aromatic ring is 1. The zero-order chi connectivity index (χ0) is 13.8. The third-order valence-electron chi connectivity index (χ3n) is 2.91. The average Bonchev–Trinajstić information content (AvgIpc) is 2.78. The molecule has 0 saturated heterocycles. The van der Waals surface area contributed by atoms with Crippen LogP contribution in [0.5, 0.6) is 0 Å². The van der Waals surface area contributed by atoms with E-state index in [2.05, 4.69) is 25.7 Å². The van der Waals surface area contributed by atoms with Crippen molar-refractivity contribution >= 4 is 17.0 Å². The summed E-state index contributed by atoms with van der Waals surface area (Å²) >= 11 is 0. The van der Waals surface area contributed by atoms with Crippen LogP contribution in [0, 0.1) is 12.3 Å². The number of H-pyrrole nitrogens is 2. The summed E-state index contributed by atoms with van der Waals surface area (Å²) in [6, 6.07) is 1.72. The maximum atomic E-state index is 11.7. The molecule has 2 aromatic rings. The summed E-state index contributed by atoms with van der Waals surface area (Å²) in [5, 5.41) is 0.451. The lowest BCUT2D eigenvalue weighted by Crippen LogP contribution is -2.11. The van der Waals surface area contributed by atoms with Gasteiger partial charge in [-0.15, -0.1) is 12.3 Å². The molecule has 1 unspecified atom stereocenters. The largest absolute Gasteiger partial charge is 0.369 e. The van der Waals surface area contributed by atoms with Gasteiger partial charge in [0, 0.05) is 18.0 Å². The fourth-order valence-electron chi connectivity index (χ4n) is 1.98. The van der Waals surface area contributed by atoms with Crippen molar-refractivity contribution in [3.05, 3.63) is 22.1 Å². The van der Waals surface area contributed by atoms with Crippen molar-refractivity contribution in [2.75, 3.05) is 12.3 Å². The predicted octanol–water partition coefficient (Wildman–Crippen LogP) is 0.221. The summed E-state index contributed by atoms with van der Waals surface area (Å²) in [6.45, 7) is 0.307. The molecule has 0 aliphatic rings. The van der Waals surface area contributed by atoms with Crippen molar-refractivity contribution in [1.82, 2.24) is 15.0 Å². The number of nitrogens with one attached hydrogen (secondary N) is 2. The lowest BCUT2D eigenvalue weighted by Gasteiger charge is -2.12. The Morgan fingerprint density at radius 1 is 1.53 bits per heavy atom. The van der Waals surface area contributed by atoms with E-state index >= 15 is 0 Å². The van der Waals surface area contributed by atoms with E-state index in [1.165, 1.54) is 0 Å². The number of nitrogens with two attached hydrogens (primary N) is 2. The Balaban J connectivity index is 2.40. The van der Waals surface area contributed by atoms with Crippen LogP contribution in [0.3, 0.4) is 0 Å². The summed E-state index contributed by atoms with van der Waals surface area (Å²) < 4.78 is 0. The number of anilines is 1. The number of hydrogen-bond acceptors (Lipinski definition) is 5. The molecule has 2 heterocycles. The third-order valence-corrected chi connectivity index (χ3v) is 2.91. The normalized spacial score (nSPS) is 12.4. The van der Waals surface area contributed by atoms with E-state index in [1.807, 2.05) is 0 Å². The molecule has 7 nitrogen and oxygen atoms in total. The van der Waals surface area contributed by atoms with E-state index in [0.29, 0.717) is 30.5 Å². The van der Waals surface area contributed by atoms with E-state index in [0.717, 1.165) is 5.69 Å². The highest BCUT2D eigenvalue weighted by atomic mass is 16.6. The standard InChI is InChI=1S/C12H15N5O2/c1-2-3-4-7(6-19-14)9-5-8-10(15-9)16-12(13)17-11(8)18/h1,5,7H,3-4,6,14H2,(H4,13,15,16,17,18). The molecule has 0 fully saturated rings. The topological polar surface area (TPSA) is 123 Å². The highest BCUT2D eigenvalue weighted by Crippen LogP contribution is 2.23. The molecule has 0 aliphatic heterocycles. The molecule has 0 aliphatic carbocycles. The van der Waals surface area contributed by atoms with E-state index in [4.69, 9.17) is 18.1 Å². The highest BCUT2D eigenvalue weighted by molar-refractivity contribution is 5.76. The van der Waals surface area contributed by atoms with Gasteiger partial charge in [0.15, 0.2) is 0 Å². The zero-order valence-electron chi connectivity index (χ0n) is 10.3. The van der Waals surface area contributed by atoms with Gasteiger partial charge in [-0.1, -0.05) is 0 Å². The molecule has 2 rings (SSSR count). The van der Waals surface area contributed by atoms with Gasteiger partial charge in [-0.25, -0.2) is 5.90 Å². The molecule has 0 amide bonds. The Labute approximate surface area is 109 Å². The van der Waals surface area contributed by atoms with Crippen LogP contribution in [-0.4, -0.2) is 21.6 Å². The number of fused-ring (bicyclic) bond motifs is 1. The fourth-order valence-corrected chi connectivity index (χ4v) is 1.98. The molecular formula is C12H15N5O2. The average molecular weight is 261 g/mol. The number of nitrogens with zero attached hydrogens (tertiary/aromatic N) is 1. The first-order valence-electron chi connectivity index (χ1n) is 5.79. The summed E-state index contributed by atoms with van der Waals surface area (Å²) in [6.07, 6.45) is 6.55. The van der Waals surface area contributed by atoms with E-state index in [-0.39, 0.29) is 17.4 Å². The minimum absolute atomic E-state index is 0.0177. The molecule has 0 saturated carbocycles. The molecule has 100 valence electrons. The van der Waals surface area contributed by atoms with Crippen LogP contribution in [0.15, 0.2) is 10.9 Å². The number of terminal acetylenes is 1. The minimum Gasteiger partial charge on any atom is -0.369 e. The van der Waals surface area contributed by atoms with Crippen molar-refractivity contribution < 1.29 is 4.84 Å². The molecule has 0 spiro atoms. The van der Waals surface area contributed by atoms with Crippen molar-refractivity contribution in [3.8, 4) is 12.3 Å². The quantitative estimate of drug-likeness (QED) is 0.453. The molecule has 19 heavy (non-hydrogen) atoms. The van der Waals surface area contributed by atoms with Crippen LogP contribution in [0.1, 0.15) is 24.5 Å². The van der Waals surface area contributed by atoms with Crippen LogP contribution < -0.4 is 17.2 Å². The van der Waals surface area contributed by atoms with Gasteiger partial charge in [0.05, 0.1) is 12.0 Å². The number of rotatable bonds is 5. The van der Waals surface area contributed by atoms with Crippen molar-refractivity contribution in [2.24, 2.45) is 5.90 Å². The van der Waals surface area contributed by atoms with E-state index < -0.39 is 0 Å². The van der Waals surface area contributed by atoms with Crippen LogP contribution >= 0.6 is 0 Å². The Hall–Kier alpha value is -2.30. The second kappa shape index (κ2) is 5.56. The van der Waals surface area contributed by atoms with E-state index in [9.17, 15) is 4.79 Å². The second-order valence-electron chi connectivity index (χ2n) is 4.21. The molecular weight excluding hydrogens is 246 g/mol. The number of aromatic nitrogens is 3. The smallest absolute Gasteiger partial charge is 0.261 e. The summed E-state index contributed by atoms with van der Waals surface area (Å²) in [5.74, 6) is 7.74. The van der Waals surface area contributed by atoms with Crippen molar-refractivity contribution in [2.45, 2.75) is 18.8 Å². The first kappa shape index (κ1) is 13.1. The molecule has 0 aromatic carbocycles. The summed E-state index contributed by atoms with van der Waals surface area (Å²) in [5.41, 5.74) is 6.46. The van der Waals surface area contributed by atoms with Gasteiger partial charge in [0.2, 0.25) is 5.95 Å². The summed E-state index contributed by atoms with van der Waals surface area (Å²) in [7, 11) is 0. The zero-order valence-corrected chi connectivity index (χ0v) is 10.3. The van der Waals surface area contributed by atoms with Gasteiger partial charge in [-0.05, 0) is 12.5 Å². The number of aromatic amines is 2. The van der Waals surface area contributed by atoms with Gasteiger partial charge < -0.3 is 15.6 Å². The first-order valence-corrected chi connectivity index (χ1v) is 5.79. The maximum Gasteiger partial charge on any atom is 0.261 e. The van der Waals surface area contributed by atoms with E-state index in [1.54, 1.807) is 6.07 Å². The van der Waals surface area contributed by atoms with Crippen LogP contribution in [0.2, 0.25) is 0 Å². The first-order chi connectivity index (χ1) is 9.15. The second-order valence-corrected chi connectivity index (χ2v) is 4.21. The fraction of sp³-hybridized carbons (Fsp3) is 0.333. The maximum absolute atomic E-state index is 11.7. The SMILES string of the molecule is C#CCCC(CON)c1cc2c(=O)[nH]c(N)nc2[nH]1.